The summed E-state index contributed by atoms with van der Waals surface area (Å²) < 4.78 is 15.4. The Hall–Kier alpha value is -3.88. The molecule has 0 heterocycles. The van der Waals surface area contributed by atoms with Crippen LogP contribution in [0.5, 0.6) is 5.75 Å². The lowest BCUT2D eigenvalue weighted by Gasteiger charge is -2.25. The standard InChI is InChI=1S/C25H29N3O6/c1-3-32-22(29)14-33-23(30)15(2)16-10-12-17(13-11-16)34-24(31)20-8-4-7-19-18(20)6-5-9-21(19)28-25(26)27/h5-6,9-13,15,20H,3-4,7-8,14H2,1-2H3,(H4,26,27,28). The largest absolute Gasteiger partial charge is 0.463 e. The van der Waals surface area contributed by atoms with E-state index in [4.69, 9.17) is 25.7 Å². The van der Waals surface area contributed by atoms with Gasteiger partial charge in [0.1, 0.15) is 5.75 Å². The van der Waals surface area contributed by atoms with E-state index in [0.29, 0.717) is 23.4 Å². The van der Waals surface area contributed by atoms with Gasteiger partial charge in [-0.25, -0.2) is 9.79 Å². The predicted octanol–water partition coefficient (Wildman–Crippen LogP) is 2.83. The van der Waals surface area contributed by atoms with E-state index in [1.54, 1.807) is 38.1 Å². The molecule has 9 heteroatoms. The van der Waals surface area contributed by atoms with Gasteiger partial charge >= 0.3 is 17.9 Å². The highest BCUT2D eigenvalue weighted by Crippen LogP contribution is 2.37. The van der Waals surface area contributed by atoms with E-state index in [0.717, 1.165) is 24.0 Å². The van der Waals surface area contributed by atoms with Crippen molar-refractivity contribution in [3.8, 4) is 5.75 Å². The highest BCUT2D eigenvalue weighted by Gasteiger charge is 2.29. The van der Waals surface area contributed by atoms with E-state index in [1.807, 2.05) is 18.2 Å². The van der Waals surface area contributed by atoms with Gasteiger partial charge in [0, 0.05) is 0 Å². The zero-order valence-corrected chi connectivity index (χ0v) is 19.3. The molecule has 0 aliphatic heterocycles. The monoisotopic (exact) mass is 467 g/mol. The number of carbonyl (C=O) groups is 3. The maximum atomic E-state index is 13.0. The number of carbonyl (C=O) groups excluding carboxylic acids is 3. The second kappa shape index (κ2) is 11.3. The van der Waals surface area contributed by atoms with Gasteiger partial charge in [-0.15, -0.1) is 0 Å². The molecule has 0 spiro atoms. The number of hydrogen-bond donors (Lipinski definition) is 2. The minimum absolute atomic E-state index is 0.0304. The smallest absolute Gasteiger partial charge is 0.344 e. The summed E-state index contributed by atoms with van der Waals surface area (Å²) in [6.07, 6.45) is 2.26. The van der Waals surface area contributed by atoms with Crippen molar-refractivity contribution < 1.29 is 28.6 Å². The molecular weight excluding hydrogens is 438 g/mol. The molecule has 1 aliphatic rings. The fourth-order valence-corrected chi connectivity index (χ4v) is 3.92. The zero-order chi connectivity index (χ0) is 24.7. The minimum atomic E-state index is -0.599. The molecule has 0 aromatic heterocycles. The summed E-state index contributed by atoms with van der Waals surface area (Å²) in [7, 11) is 0. The zero-order valence-electron chi connectivity index (χ0n) is 19.3. The Kier molecular flexibility index (Phi) is 8.24. The van der Waals surface area contributed by atoms with Gasteiger partial charge in [-0.05, 0) is 68.0 Å². The molecule has 180 valence electrons. The third kappa shape index (κ3) is 6.12. The first-order chi connectivity index (χ1) is 16.3. The first-order valence-electron chi connectivity index (χ1n) is 11.2. The van der Waals surface area contributed by atoms with Crippen molar-refractivity contribution in [1.29, 1.82) is 0 Å². The van der Waals surface area contributed by atoms with E-state index >= 15 is 0 Å². The van der Waals surface area contributed by atoms with Crippen LogP contribution in [0, 0.1) is 0 Å². The average Bonchev–Trinajstić information content (AvgIpc) is 2.82. The predicted molar refractivity (Wildman–Crippen MR) is 126 cm³/mol. The number of benzene rings is 2. The maximum Gasteiger partial charge on any atom is 0.344 e. The van der Waals surface area contributed by atoms with Crippen LogP contribution in [0.1, 0.15) is 55.2 Å². The summed E-state index contributed by atoms with van der Waals surface area (Å²) in [5, 5.41) is 0. The van der Waals surface area contributed by atoms with Crippen LogP contribution >= 0.6 is 0 Å². The number of esters is 3. The van der Waals surface area contributed by atoms with Gasteiger partial charge in [-0.2, -0.15) is 0 Å². The minimum Gasteiger partial charge on any atom is -0.463 e. The summed E-state index contributed by atoms with van der Waals surface area (Å²) in [6.45, 7) is 3.13. The second-order valence-corrected chi connectivity index (χ2v) is 7.95. The van der Waals surface area contributed by atoms with E-state index < -0.39 is 30.4 Å². The first kappa shape index (κ1) is 24.8. The van der Waals surface area contributed by atoms with Crippen molar-refractivity contribution >= 4 is 29.6 Å². The normalized spacial score (nSPS) is 15.4. The van der Waals surface area contributed by atoms with Crippen LogP contribution < -0.4 is 16.2 Å². The number of ether oxygens (including phenoxy) is 3. The van der Waals surface area contributed by atoms with Gasteiger partial charge in [0.05, 0.1) is 24.1 Å². The van der Waals surface area contributed by atoms with Crippen molar-refractivity contribution in [3.63, 3.8) is 0 Å². The van der Waals surface area contributed by atoms with Crippen LogP contribution in [-0.2, 0) is 30.3 Å². The number of fused-ring (bicyclic) bond motifs is 1. The number of guanidine groups is 1. The Morgan fingerprint density at radius 1 is 1.09 bits per heavy atom. The number of nitrogens with zero attached hydrogens (tertiary/aromatic N) is 1. The average molecular weight is 468 g/mol. The van der Waals surface area contributed by atoms with Crippen LogP contribution in [-0.4, -0.2) is 37.1 Å². The number of nitrogens with two attached hydrogens (primary N) is 2. The first-order valence-corrected chi connectivity index (χ1v) is 11.2. The highest BCUT2D eigenvalue weighted by molar-refractivity contribution is 5.84. The van der Waals surface area contributed by atoms with Crippen molar-refractivity contribution in [2.75, 3.05) is 13.2 Å². The van der Waals surface area contributed by atoms with E-state index in [2.05, 4.69) is 4.99 Å². The third-order valence-corrected chi connectivity index (χ3v) is 5.61. The topological polar surface area (TPSA) is 143 Å². The Morgan fingerprint density at radius 2 is 1.82 bits per heavy atom. The molecule has 0 radical (unpaired) electrons. The van der Waals surface area contributed by atoms with Gasteiger partial charge < -0.3 is 25.7 Å². The molecule has 0 saturated carbocycles. The molecular formula is C25H29N3O6. The lowest BCUT2D eigenvalue weighted by atomic mass is 9.82. The van der Waals surface area contributed by atoms with Gasteiger partial charge in [0.15, 0.2) is 12.6 Å². The molecule has 34 heavy (non-hydrogen) atoms. The van der Waals surface area contributed by atoms with Gasteiger partial charge in [-0.1, -0.05) is 24.3 Å². The summed E-state index contributed by atoms with van der Waals surface area (Å²) in [4.78, 5) is 40.7. The van der Waals surface area contributed by atoms with Crippen LogP contribution in [0.2, 0.25) is 0 Å². The Balaban J connectivity index is 1.65. The Morgan fingerprint density at radius 3 is 2.50 bits per heavy atom. The highest BCUT2D eigenvalue weighted by atomic mass is 16.6. The van der Waals surface area contributed by atoms with Gasteiger partial charge in [-0.3, -0.25) is 9.59 Å². The number of hydrogen-bond acceptors (Lipinski definition) is 7. The van der Waals surface area contributed by atoms with E-state index in [-0.39, 0.29) is 18.5 Å². The molecule has 2 aromatic rings. The van der Waals surface area contributed by atoms with Crippen LogP contribution in [0.15, 0.2) is 47.5 Å². The molecule has 2 atom stereocenters. The molecule has 1 aliphatic carbocycles. The Labute approximate surface area is 198 Å². The molecule has 0 amide bonds. The van der Waals surface area contributed by atoms with Gasteiger partial charge in [0.2, 0.25) is 0 Å². The van der Waals surface area contributed by atoms with E-state index in [9.17, 15) is 14.4 Å². The second-order valence-electron chi connectivity index (χ2n) is 7.95. The lowest BCUT2D eigenvalue weighted by Crippen LogP contribution is -2.24. The number of rotatable bonds is 8. The fourth-order valence-electron chi connectivity index (χ4n) is 3.92. The molecule has 3 rings (SSSR count). The number of aliphatic imine (C=N–C) groups is 1. The van der Waals surface area contributed by atoms with Crippen LogP contribution in [0.3, 0.4) is 0 Å². The van der Waals surface area contributed by atoms with Crippen molar-refractivity contribution in [3.05, 3.63) is 59.2 Å². The fraction of sp³-hybridized carbons (Fsp3) is 0.360. The van der Waals surface area contributed by atoms with Crippen LogP contribution in [0.25, 0.3) is 0 Å². The molecule has 2 aromatic carbocycles. The van der Waals surface area contributed by atoms with Crippen molar-refractivity contribution in [2.24, 2.45) is 16.5 Å². The maximum absolute atomic E-state index is 13.0. The summed E-state index contributed by atoms with van der Waals surface area (Å²) >= 11 is 0. The molecule has 9 nitrogen and oxygen atoms in total. The van der Waals surface area contributed by atoms with Crippen LogP contribution in [0.4, 0.5) is 5.69 Å². The van der Waals surface area contributed by atoms with Crippen molar-refractivity contribution in [2.45, 2.75) is 44.9 Å². The summed E-state index contributed by atoms with van der Waals surface area (Å²) in [6, 6.07) is 12.2. The molecule has 0 saturated heterocycles. The SMILES string of the molecule is CCOC(=O)COC(=O)C(C)c1ccc(OC(=O)C2CCCc3c(N=C(N)N)cccc32)cc1. The molecule has 2 unspecified atom stereocenters. The van der Waals surface area contributed by atoms with E-state index in [1.165, 1.54) is 0 Å². The quantitative estimate of drug-likeness (QED) is 0.261. The lowest BCUT2D eigenvalue weighted by molar-refractivity contribution is -0.159. The van der Waals surface area contributed by atoms with Crippen molar-refractivity contribution in [1.82, 2.24) is 0 Å². The summed E-state index contributed by atoms with van der Waals surface area (Å²) in [5.41, 5.74) is 14.2. The Bertz CT molecular complexity index is 1080. The molecule has 0 bridgehead atoms. The third-order valence-electron chi connectivity index (χ3n) is 5.61. The summed E-state index contributed by atoms with van der Waals surface area (Å²) in [5.74, 6) is -2.19. The molecule has 0 fully saturated rings. The molecule has 4 N–H and O–H groups in total. The van der Waals surface area contributed by atoms with Gasteiger partial charge in [0.25, 0.3) is 0 Å².